The number of nitrogens with one attached hydrogen (secondary N) is 1. The Morgan fingerprint density at radius 1 is 1.33 bits per heavy atom. The molecule has 0 fully saturated rings. The second-order valence-corrected chi connectivity index (χ2v) is 4.45. The van der Waals surface area contributed by atoms with E-state index in [0.717, 1.165) is 30.3 Å². The third-order valence-electron chi connectivity index (χ3n) is 2.84. The van der Waals surface area contributed by atoms with Crippen LogP contribution in [0.5, 0.6) is 0 Å². The van der Waals surface area contributed by atoms with Crippen LogP contribution in [0, 0.1) is 0 Å². The molecule has 0 unspecified atom stereocenters. The SMILES string of the molecule is CCNc1ncnc(N(CC)CCO)c1C(C)C. The zero-order valence-electron chi connectivity index (χ0n) is 11.8. The van der Waals surface area contributed by atoms with Crippen molar-refractivity contribution in [3.63, 3.8) is 0 Å². The maximum atomic E-state index is 9.13. The third-order valence-corrected chi connectivity index (χ3v) is 2.84. The molecule has 18 heavy (non-hydrogen) atoms. The van der Waals surface area contributed by atoms with Gasteiger partial charge in [0.2, 0.25) is 0 Å². The molecule has 0 atom stereocenters. The fourth-order valence-electron chi connectivity index (χ4n) is 2.01. The first-order valence-corrected chi connectivity index (χ1v) is 6.60. The van der Waals surface area contributed by atoms with E-state index in [9.17, 15) is 0 Å². The molecule has 2 N–H and O–H groups in total. The second-order valence-electron chi connectivity index (χ2n) is 4.45. The van der Waals surface area contributed by atoms with Crippen molar-refractivity contribution in [2.45, 2.75) is 33.6 Å². The summed E-state index contributed by atoms with van der Waals surface area (Å²) in [6.07, 6.45) is 1.58. The molecule has 1 heterocycles. The van der Waals surface area contributed by atoms with E-state index >= 15 is 0 Å². The van der Waals surface area contributed by atoms with Gasteiger partial charge in [0, 0.05) is 25.2 Å². The summed E-state index contributed by atoms with van der Waals surface area (Å²) in [4.78, 5) is 10.8. The number of likely N-dealkylation sites (N-methyl/N-ethyl adjacent to an activating group) is 1. The lowest BCUT2D eigenvalue weighted by molar-refractivity contribution is 0.302. The van der Waals surface area contributed by atoms with Gasteiger partial charge in [0.15, 0.2) is 0 Å². The van der Waals surface area contributed by atoms with Crippen LogP contribution in [0.15, 0.2) is 6.33 Å². The van der Waals surface area contributed by atoms with Gasteiger partial charge in [-0.1, -0.05) is 13.8 Å². The molecule has 5 heteroatoms. The topological polar surface area (TPSA) is 61.3 Å². The Morgan fingerprint density at radius 3 is 2.56 bits per heavy atom. The number of hydrogen-bond donors (Lipinski definition) is 2. The van der Waals surface area contributed by atoms with E-state index in [4.69, 9.17) is 5.11 Å². The molecule has 5 nitrogen and oxygen atoms in total. The van der Waals surface area contributed by atoms with Crippen molar-refractivity contribution in [2.24, 2.45) is 0 Å². The largest absolute Gasteiger partial charge is 0.395 e. The quantitative estimate of drug-likeness (QED) is 0.775. The average molecular weight is 252 g/mol. The van der Waals surface area contributed by atoms with Crippen molar-refractivity contribution < 1.29 is 5.11 Å². The van der Waals surface area contributed by atoms with Crippen molar-refractivity contribution in [2.75, 3.05) is 36.5 Å². The molecule has 1 aromatic rings. The molecule has 0 bridgehead atoms. The number of aromatic nitrogens is 2. The Kier molecular flexibility index (Phi) is 5.85. The van der Waals surface area contributed by atoms with Gasteiger partial charge in [0.05, 0.1) is 6.61 Å². The van der Waals surface area contributed by atoms with Crippen molar-refractivity contribution in [1.82, 2.24) is 9.97 Å². The minimum atomic E-state index is 0.131. The van der Waals surface area contributed by atoms with Crippen molar-refractivity contribution >= 4 is 11.6 Å². The molecule has 1 aromatic heterocycles. The normalized spacial score (nSPS) is 10.8. The molecule has 0 aromatic carbocycles. The maximum Gasteiger partial charge on any atom is 0.137 e. The van der Waals surface area contributed by atoms with Gasteiger partial charge < -0.3 is 15.3 Å². The third kappa shape index (κ3) is 3.32. The van der Waals surface area contributed by atoms with Gasteiger partial charge in [-0.05, 0) is 19.8 Å². The van der Waals surface area contributed by atoms with E-state index < -0.39 is 0 Å². The summed E-state index contributed by atoms with van der Waals surface area (Å²) in [5.74, 6) is 2.16. The summed E-state index contributed by atoms with van der Waals surface area (Å²) >= 11 is 0. The predicted molar refractivity (Wildman–Crippen MR) is 75.3 cm³/mol. The van der Waals surface area contributed by atoms with Gasteiger partial charge >= 0.3 is 0 Å². The fourth-order valence-corrected chi connectivity index (χ4v) is 2.01. The minimum absolute atomic E-state index is 0.131. The van der Waals surface area contributed by atoms with E-state index in [-0.39, 0.29) is 6.61 Å². The first-order valence-electron chi connectivity index (χ1n) is 6.60. The van der Waals surface area contributed by atoms with Crippen LogP contribution in [-0.4, -0.2) is 41.3 Å². The molecule has 0 saturated heterocycles. The number of aliphatic hydroxyl groups is 1. The summed E-state index contributed by atoms with van der Waals surface area (Å²) in [5, 5.41) is 12.4. The van der Waals surface area contributed by atoms with Crippen molar-refractivity contribution in [3.8, 4) is 0 Å². The molecule has 0 saturated carbocycles. The van der Waals surface area contributed by atoms with Crippen LogP contribution in [0.4, 0.5) is 11.6 Å². The summed E-state index contributed by atoms with van der Waals surface area (Å²) in [7, 11) is 0. The van der Waals surface area contributed by atoms with Crippen LogP contribution < -0.4 is 10.2 Å². The summed E-state index contributed by atoms with van der Waals surface area (Å²) < 4.78 is 0. The molecular formula is C13H24N4O. The zero-order chi connectivity index (χ0) is 13.5. The van der Waals surface area contributed by atoms with Gasteiger partial charge in [-0.3, -0.25) is 0 Å². The predicted octanol–water partition coefficient (Wildman–Crippen LogP) is 1.85. The Labute approximate surface area is 109 Å². The van der Waals surface area contributed by atoms with Crippen LogP contribution in [0.1, 0.15) is 39.2 Å². The first kappa shape index (κ1) is 14.7. The van der Waals surface area contributed by atoms with Gasteiger partial charge in [0.25, 0.3) is 0 Å². The lowest BCUT2D eigenvalue weighted by Crippen LogP contribution is -2.29. The number of aliphatic hydroxyl groups excluding tert-OH is 1. The molecule has 0 aliphatic heterocycles. The van der Waals surface area contributed by atoms with E-state index in [1.54, 1.807) is 6.33 Å². The maximum absolute atomic E-state index is 9.13. The van der Waals surface area contributed by atoms with Crippen LogP contribution in [0.25, 0.3) is 0 Å². The highest BCUT2D eigenvalue weighted by molar-refractivity contribution is 5.60. The molecule has 0 spiro atoms. The van der Waals surface area contributed by atoms with Crippen molar-refractivity contribution in [1.29, 1.82) is 0 Å². The highest BCUT2D eigenvalue weighted by Crippen LogP contribution is 2.30. The van der Waals surface area contributed by atoms with E-state index in [1.165, 1.54) is 0 Å². The molecule has 0 radical (unpaired) electrons. The van der Waals surface area contributed by atoms with Crippen molar-refractivity contribution in [3.05, 3.63) is 11.9 Å². The van der Waals surface area contributed by atoms with Gasteiger partial charge in [-0.15, -0.1) is 0 Å². The Balaban J connectivity index is 3.19. The molecule has 0 aliphatic rings. The number of rotatable bonds is 7. The van der Waals surface area contributed by atoms with Gasteiger partial charge in [0.1, 0.15) is 18.0 Å². The number of nitrogens with zero attached hydrogens (tertiary/aromatic N) is 3. The second kappa shape index (κ2) is 7.16. The molecule has 0 aliphatic carbocycles. The Morgan fingerprint density at radius 2 is 2.06 bits per heavy atom. The Hall–Kier alpha value is -1.36. The zero-order valence-corrected chi connectivity index (χ0v) is 11.8. The van der Waals surface area contributed by atoms with Gasteiger partial charge in [-0.25, -0.2) is 9.97 Å². The van der Waals surface area contributed by atoms with Crippen LogP contribution in [0.2, 0.25) is 0 Å². The molecule has 102 valence electrons. The molecule has 0 amide bonds. The van der Waals surface area contributed by atoms with Crippen LogP contribution in [-0.2, 0) is 0 Å². The smallest absolute Gasteiger partial charge is 0.137 e. The number of hydrogen-bond acceptors (Lipinski definition) is 5. The molecule has 1 rings (SSSR count). The first-order chi connectivity index (χ1) is 8.65. The van der Waals surface area contributed by atoms with E-state index in [1.807, 2.05) is 0 Å². The van der Waals surface area contributed by atoms with Crippen LogP contribution in [0.3, 0.4) is 0 Å². The molecular weight excluding hydrogens is 228 g/mol. The average Bonchev–Trinajstić information content (AvgIpc) is 2.35. The highest BCUT2D eigenvalue weighted by Gasteiger charge is 2.18. The Bertz CT molecular complexity index is 368. The standard InChI is InChI=1S/C13H24N4O/c1-5-14-12-11(10(3)4)13(16-9-15-12)17(6-2)7-8-18/h9-10,18H,5-8H2,1-4H3,(H,14,15,16). The summed E-state index contributed by atoms with van der Waals surface area (Å²) in [6.45, 7) is 10.8. The van der Waals surface area contributed by atoms with Crippen LogP contribution >= 0.6 is 0 Å². The van der Waals surface area contributed by atoms with Gasteiger partial charge in [-0.2, -0.15) is 0 Å². The van der Waals surface area contributed by atoms with E-state index in [2.05, 4.69) is 47.9 Å². The fraction of sp³-hybridized carbons (Fsp3) is 0.692. The number of anilines is 2. The highest BCUT2D eigenvalue weighted by atomic mass is 16.3. The summed E-state index contributed by atoms with van der Waals surface area (Å²) in [6, 6.07) is 0. The lowest BCUT2D eigenvalue weighted by Gasteiger charge is -2.26. The summed E-state index contributed by atoms with van der Waals surface area (Å²) in [5.41, 5.74) is 1.12. The monoisotopic (exact) mass is 252 g/mol. The lowest BCUT2D eigenvalue weighted by atomic mass is 10.0. The minimum Gasteiger partial charge on any atom is -0.395 e. The van der Waals surface area contributed by atoms with E-state index in [0.29, 0.717) is 12.5 Å².